The van der Waals surface area contributed by atoms with E-state index in [4.69, 9.17) is 23.7 Å². The molecule has 0 amide bonds. The Bertz CT molecular complexity index is 1490. The molecule has 1 spiro atoms. The number of epoxide rings is 1. The maximum Gasteiger partial charge on any atom is 0.338 e. The lowest BCUT2D eigenvalue weighted by Crippen LogP contribution is -2.79. The minimum Gasteiger partial charge on any atom is -0.462 e. The van der Waals surface area contributed by atoms with Crippen molar-refractivity contribution in [3.05, 3.63) is 48.0 Å². The van der Waals surface area contributed by atoms with Crippen molar-refractivity contribution < 1.29 is 63.0 Å². The van der Waals surface area contributed by atoms with Crippen LogP contribution in [0.3, 0.4) is 0 Å². The molecule has 10 atom stereocenters. The van der Waals surface area contributed by atoms with Gasteiger partial charge >= 0.3 is 23.9 Å². The van der Waals surface area contributed by atoms with Crippen LogP contribution in [-0.4, -0.2) is 98.9 Å². The van der Waals surface area contributed by atoms with E-state index >= 15 is 0 Å². The van der Waals surface area contributed by atoms with Gasteiger partial charge in [0.15, 0.2) is 29.2 Å². The molecule has 13 nitrogen and oxygen atoms in total. The number of fused-ring (bicyclic) bond motifs is 2. The molecule has 3 aliphatic carbocycles. The minimum atomic E-state index is -2.30. The van der Waals surface area contributed by atoms with Gasteiger partial charge in [0.25, 0.3) is 0 Å². The van der Waals surface area contributed by atoms with E-state index < -0.39 is 107 Å². The van der Waals surface area contributed by atoms with Crippen LogP contribution in [0.25, 0.3) is 0 Å². The van der Waals surface area contributed by atoms with Gasteiger partial charge in [-0.2, -0.15) is 0 Å². The van der Waals surface area contributed by atoms with Crippen LogP contribution in [0.4, 0.5) is 0 Å². The first-order valence-electron chi connectivity index (χ1n) is 15.1. The number of hydrogen-bond acceptors (Lipinski definition) is 13. The third kappa shape index (κ3) is 4.46. The Labute approximate surface area is 265 Å². The van der Waals surface area contributed by atoms with E-state index in [1.165, 1.54) is 26.0 Å². The van der Waals surface area contributed by atoms with Crippen molar-refractivity contribution in [1.82, 2.24) is 0 Å². The van der Waals surface area contributed by atoms with E-state index in [9.17, 15) is 39.3 Å². The van der Waals surface area contributed by atoms with Crippen LogP contribution >= 0.6 is 0 Å². The van der Waals surface area contributed by atoms with Crippen molar-refractivity contribution in [1.29, 1.82) is 0 Å². The summed E-state index contributed by atoms with van der Waals surface area (Å²) in [6.07, 6.45) is -8.55. The molecule has 4 aliphatic rings. The average Bonchev–Trinajstić information content (AvgIpc) is 3.65. The van der Waals surface area contributed by atoms with Gasteiger partial charge in [-0.15, -0.1) is 0 Å². The predicted molar refractivity (Wildman–Crippen MR) is 156 cm³/mol. The highest BCUT2D eigenvalue weighted by molar-refractivity contribution is 5.95. The summed E-state index contributed by atoms with van der Waals surface area (Å²) < 4.78 is 30.0. The first-order chi connectivity index (χ1) is 21.3. The third-order valence-corrected chi connectivity index (χ3v) is 10.9. The number of aliphatic hydroxyl groups is 3. The number of ketones is 1. The van der Waals surface area contributed by atoms with Crippen LogP contribution in [0.1, 0.15) is 64.7 Å². The first-order valence-corrected chi connectivity index (χ1v) is 15.1. The number of Topliss-reactive ketones (excluding diaryl/α,β-unsaturated/α-hetero) is 1. The normalized spacial score (nSPS) is 40.6. The van der Waals surface area contributed by atoms with Gasteiger partial charge in [-0.05, 0) is 24.6 Å². The van der Waals surface area contributed by atoms with Crippen molar-refractivity contribution in [2.45, 2.75) is 102 Å². The second kappa shape index (κ2) is 11.0. The lowest BCUT2D eigenvalue weighted by atomic mass is 9.44. The molecule has 4 fully saturated rings. The zero-order valence-electron chi connectivity index (χ0n) is 26.6. The molecule has 3 N–H and O–H groups in total. The van der Waals surface area contributed by atoms with Gasteiger partial charge in [-0.3, -0.25) is 14.4 Å². The van der Waals surface area contributed by atoms with Crippen LogP contribution < -0.4 is 0 Å². The summed E-state index contributed by atoms with van der Waals surface area (Å²) in [6, 6.07) is 7.89. The summed E-state index contributed by atoms with van der Waals surface area (Å²) in [7, 11) is 0. The van der Waals surface area contributed by atoms with Crippen LogP contribution in [0.15, 0.2) is 42.5 Å². The fourth-order valence-corrected chi connectivity index (χ4v) is 8.48. The molecule has 1 aromatic carbocycles. The molecule has 1 heterocycles. The number of hydrogen-bond donors (Lipinski definition) is 3. The number of esters is 4. The summed E-state index contributed by atoms with van der Waals surface area (Å²) in [5.41, 5.74) is -9.17. The highest BCUT2D eigenvalue weighted by Gasteiger charge is 2.91. The van der Waals surface area contributed by atoms with Crippen molar-refractivity contribution in [3.63, 3.8) is 0 Å². The molecule has 5 rings (SSSR count). The molecule has 3 saturated carbocycles. The van der Waals surface area contributed by atoms with E-state index in [-0.39, 0.29) is 17.6 Å². The number of carbonyl (C=O) groups excluding carboxylic acids is 5. The standard InChI is InChI=1S/C33H40O13/c1-16-20(37)13-22(42-17(2)35)30(6)24(16)25(45-28(40)19-11-9-8-10-12-19)32(41)14-21(38)31(7)33(46-31,29(32,4)5)27(44-23(39)15-34)26(30)43-18(3)36/h8-12,20,22,24-27,34,37,41H,1,13-15H2,2-7H3/t20-,22-,24+,25-,26-,27-,30-,31+,32-,33-/m1/s1. The zero-order chi connectivity index (χ0) is 34.2. The Morgan fingerprint density at radius 1 is 0.935 bits per heavy atom. The Balaban J connectivity index is 1.88. The molecule has 1 aliphatic heterocycles. The number of benzene rings is 1. The maximum atomic E-state index is 14.0. The number of carbonyl (C=O) groups is 5. The molecule has 250 valence electrons. The van der Waals surface area contributed by atoms with E-state index in [1.807, 2.05) is 0 Å². The zero-order valence-corrected chi connectivity index (χ0v) is 26.6. The highest BCUT2D eigenvalue weighted by Crippen LogP contribution is 2.73. The number of rotatable bonds is 6. The molecule has 0 unspecified atom stereocenters. The van der Waals surface area contributed by atoms with Crippen LogP contribution in [0, 0.1) is 16.7 Å². The lowest BCUT2D eigenvalue weighted by molar-refractivity contribution is -0.280. The first kappa shape index (κ1) is 33.7. The molecule has 2 bridgehead atoms. The molecular weight excluding hydrogens is 604 g/mol. The third-order valence-electron chi connectivity index (χ3n) is 10.9. The topological polar surface area (TPSA) is 195 Å². The summed E-state index contributed by atoms with van der Waals surface area (Å²) in [5.74, 6) is -5.67. The van der Waals surface area contributed by atoms with Gasteiger partial charge in [0.05, 0.1) is 17.1 Å². The number of aliphatic hydroxyl groups excluding tert-OH is 2. The number of ether oxygens (including phenoxy) is 5. The molecule has 13 heteroatoms. The largest absolute Gasteiger partial charge is 0.462 e. The van der Waals surface area contributed by atoms with Gasteiger partial charge in [0.1, 0.15) is 24.4 Å². The van der Waals surface area contributed by atoms with Crippen LogP contribution in [0.5, 0.6) is 0 Å². The summed E-state index contributed by atoms with van der Waals surface area (Å²) in [5, 5.41) is 34.0. The minimum absolute atomic E-state index is 0.0267. The second-order valence-corrected chi connectivity index (χ2v) is 13.6. The van der Waals surface area contributed by atoms with Crippen molar-refractivity contribution in [2.75, 3.05) is 6.61 Å². The predicted octanol–water partition coefficient (Wildman–Crippen LogP) is 1.19. The van der Waals surface area contributed by atoms with E-state index in [2.05, 4.69) is 6.58 Å². The molecule has 1 saturated heterocycles. The maximum absolute atomic E-state index is 14.0. The fourth-order valence-electron chi connectivity index (χ4n) is 8.48. The quantitative estimate of drug-likeness (QED) is 0.173. The van der Waals surface area contributed by atoms with Crippen molar-refractivity contribution >= 4 is 29.7 Å². The Morgan fingerprint density at radius 2 is 1.54 bits per heavy atom. The van der Waals surface area contributed by atoms with Crippen molar-refractivity contribution in [3.8, 4) is 0 Å². The lowest BCUT2D eigenvalue weighted by Gasteiger charge is -2.64. The molecule has 0 aromatic heterocycles. The van der Waals surface area contributed by atoms with E-state index in [0.29, 0.717) is 0 Å². The van der Waals surface area contributed by atoms with Gasteiger partial charge in [-0.1, -0.05) is 45.5 Å². The van der Waals surface area contributed by atoms with Gasteiger partial charge in [0.2, 0.25) is 0 Å². The summed E-state index contributed by atoms with van der Waals surface area (Å²) in [6.45, 7) is 11.3. The molecular formula is C33H40O13. The van der Waals surface area contributed by atoms with Crippen LogP contribution in [0.2, 0.25) is 0 Å². The van der Waals surface area contributed by atoms with Gasteiger partial charge in [-0.25, -0.2) is 9.59 Å². The molecule has 1 aromatic rings. The van der Waals surface area contributed by atoms with Crippen LogP contribution in [-0.2, 0) is 42.9 Å². The second-order valence-electron chi connectivity index (χ2n) is 13.6. The molecule has 46 heavy (non-hydrogen) atoms. The Hall–Kier alpha value is -3.65. The monoisotopic (exact) mass is 644 g/mol. The smallest absolute Gasteiger partial charge is 0.338 e. The van der Waals surface area contributed by atoms with Gasteiger partial charge < -0.3 is 39.0 Å². The average molecular weight is 645 g/mol. The van der Waals surface area contributed by atoms with Gasteiger partial charge in [0, 0.05) is 38.0 Å². The Kier molecular flexibility index (Phi) is 8.04. The van der Waals surface area contributed by atoms with Crippen molar-refractivity contribution in [2.24, 2.45) is 16.7 Å². The Morgan fingerprint density at radius 3 is 2.11 bits per heavy atom. The highest BCUT2D eigenvalue weighted by atomic mass is 16.7. The summed E-state index contributed by atoms with van der Waals surface area (Å²) in [4.78, 5) is 66.1. The van der Waals surface area contributed by atoms with E-state index in [0.717, 1.165) is 13.8 Å². The fraction of sp³-hybridized carbons (Fsp3) is 0.606. The van der Waals surface area contributed by atoms with E-state index in [1.54, 1.807) is 32.0 Å². The SMILES string of the molecule is C=C1[C@H](O)C[C@@H](OC(C)=O)[C@@]2(C)[C@H](OC(C)=O)[C@@H](OC(=O)CO)[C@]34O[C@@]3(C)C(=O)C[C@@](O)([C@H](OC(=O)c3ccccc3)[C@H]12)C4(C)C. The molecule has 0 radical (unpaired) electrons. The summed E-state index contributed by atoms with van der Waals surface area (Å²) >= 11 is 0.